The summed E-state index contributed by atoms with van der Waals surface area (Å²) in [5.41, 5.74) is -0.724. The molecule has 0 aliphatic heterocycles. The topological polar surface area (TPSA) is 55.8 Å². The van der Waals surface area contributed by atoms with Crippen molar-refractivity contribution in [1.29, 1.82) is 0 Å². The molecule has 0 heterocycles. The van der Waals surface area contributed by atoms with Gasteiger partial charge in [-0.3, -0.25) is 0 Å². The van der Waals surface area contributed by atoms with Crippen LogP contribution in [0.25, 0.3) is 0 Å². The van der Waals surface area contributed by atoms with E-state index < -0.39 is 17.5 Å². The molecule has 1 aromatic carbocycles. The Labute approximate surface area is 120 Å². The van der Waals surface area contributed by atoms with E-state index in [0.29, 0.717) is 18.6 Å². The van der Waals surface area contributed by atoms with Gasteiger partial charge < -0.3 is 14.6 Å². The zero-order valence-corrected chi connectivity index (χ0v) is 12.7. The van der Waals surface area contributed by atoms with Crippen LogP contribution in [0.4, 0.5) is 0 Å². The maximum atomic E-state index is 12.2. The number of methoxy groups -OCH3 is 1. The van der Waals surface area contributed by atoms with Crippen molar-refractivity contribution in [3.63, 3.8) is 0 Å². The Morgan fingerprint density at radius 1 is 1.35 bits per heavy atom. The first-order valence-electron chi connectivity index (χ1n) is 7.03. The fourth-order valence-electron chi connectivity index (χ4n) is 2.41. The maximum Gasteiger partial charge on any atom is 0.338 e. The molecule has 112 valence electrons. The average molecular weight is 280 g/mol. The third kappa shape index (κ3) is 3.31. The lowest BCUT2D eigenvalue weighted by Gasteiger charge is -2.32. The summed E-state index contributed by atoms with van der Waals surface area (Å²) in [6.45, 7) is 5.74. The number of carbonyl (C=O) groups is 1. The standard InChI is InChI=1S/C16H24O4/c1-5-11-16(18,15(17)20-6-2)12(3)13-9-7-8-10-14(13)19-4/h7-10,12,18H,5-6,11H2,1-4H3. The van der Waals surface area contributed by atoms with Gasteiger partial charge in [0.25, 0.3) is 0 Å². The monoisotopic (exact) mass is 280 g/mol. The van der Waals surface area contributed by atoms with Gasteiger partial charge in [0.1, 0.15) is 5.75 Å². The number of hydrogen-bond donors (Lipinski definition) is 1. The molecule has 0 aliphatic rings. The summed E-state index contributed by atoms with van der Waals surface area (Å²) in [7, 11) is 1.58. The number of carbonyl (C=O) groups excluding carboxylic acids is 1. The maximum absolute atomic E-state index is 12.2. The predicted molar refractivity (Wildman–Crippen MR) is 77.9 cm³/mol. The molecule has 0 saturated heterocycles. The van der Waals surface area contributed by atoms with E-state index in [1.807, 2.05) is 38.1 Å². The minimum absolute atomic E-state index is 0.253. The lowest BCUT2D eigenvalue weighted by atomic mass is 9.80. The van der Waals surface area contributed by atoms with Crippen molar-refractivity contribution in [2.24, 2.45) is 0 Å². The number of aliphatic hydroxyl groups is 1. The van der Waals surface area contributed by atoms with Crippen LogP contribution < -0.4 is 4.74 Å². The molecular weight excluding hydrogens is 256 g/mol. The number of ether oxygens (including phenoxy) is 2. The number of rotatable bonds is 7. The molecule has 4 heteroatoms. The number of esters is 1. The van der Waals surface area contributed by atoms with Gasteiger partial charge in [-0.2, -0.15) is 0 Å². The smallest absolute Gasteiger partial charge is 0.338 e. The second kappa shape index (κ2) is 7.29. The van der Waals surface area contributed by atoms with Crippen molar-refractivity contribution >= 4 is 5.97 Å². The van der Waals surface area contributed by atoms with Crippen LogP contribution in [-0.2, 0) is 9.53 Å². The van der Waals surface area contributed by atoms with Gasteiger partial charge in [0.05, 0.1) is 13.7 Å². The third-order valence-electron chi connectivity index (χ3n) is 3.58. The molecule has 1 aromatic rings. The second-order valence-electron chi connectivity index (χ2n) is 4.86. The highest BCUT2D eigenvalue weighted by Gasteiger charge is 2.43. The third-order valence-corrected chi connectivity index (χ3v) is 3.58. The van der Waals surface area contributed by atoms with Gasteiger partial charge >= 0.3 is 5.97 Å². The molecular formula is C16H24O4. The Hall–Kier alpha value is -1.55. The molecule has 0 amide bonds. The van der Waals surface area contributed by atoms with Crippen LogP contribution in [0.3, 0.4) is 0 Å². The molecule has 0 radical (unpaired) electrons. The van der Waals surface area contributed by atoms with Crippen molar-refractivity contribution < 1.29 is 19.4 Å². The Morgan fingerprint density at radius 2 is 2.00 bits per heavy atom. The zero-order chi connectivity index (χ0) is 15.2. The molecule has 0 saturated carbocycles. The highest BCUT2D eigenvalue weighted by molar-refractivity contribution is 5.81. The SMILES string of the molecule is CCCC(O)(C(=O)OCC)C(C)c1ccccc1OC. The number of hydrogen-bond acceptors (Lipinski definition) is 4. The van der Waals surface area contributed by atoms with Crippen LogP contribution >= 0.6 is 0 Å². The normalized spacial score (nSPS) is 15.2. The molecule has 1 rings (SSSR count). The molecule has 4 nitrogen and oxygen atoms in total. The fraction of sp³-hybridized carbons (Fsp3) is 0.562. The minimum atomic E-state index is -1.53. The predicted octanol–water partition coefficient (Wildman–Crippen LogP) is 2.89. The van der Waals surface area contributed by atoms with Gasteiger partial charge in [-0.05, 0) is 19.4 Å². The van der Waals surface area contributed by atoms with Crippen LogP contribution in [0.2, 0.25) is 0 Å². The first kappa shape index (κ1) is 16.5. The van der Waals surface area contributed by atoms with Crippen LogP contribution in [-0.4, -0.2) is 30.4 Å². The molecule has 2 unspecified atom stereocenters. The molecule has 0 bridgehead atoms. The van der Waals surface area contributed by atoms with E-state index >= 15 is 0 Å². The molecule has 0 fully saturated rings. The van der Waals surface area contributed by atoms with E-state index in [4.69, 9.17) is 9.47 Å². The van der Waals surface area contributed by atoms with Gasteiger partial charge in [0, 0.05) is 11.5 Å². The van der Waals surface area contributed by atoms with Crippen molar-refractivity contribution in [3.8, 4) is 5.75 Å². The Bertz CT molecular complexity index is 444. The van der Waals surface area contributed by atoms with Crippen LogP contribution in [0, 0.1) is 0 Å². The summed E-state index contributed by atoms with van der Waals surface area (Å²) < 4.78 is 10.4. The van der Waals surface area contributed by atoms with E-state index in [1.54, 1.807) is 14.0 Å². The highest BCUT2D eigenvalue weighted by Crippen LogP contribution is 2.37. The Kier molecular flexibility index (Phi) is 6.02. The summed E-state index contributed by atoms with van der Waals surface area (Å²) in [5.74, 6) is -0.309. The first-order valence-corrected chi connectivity index (χ1v) is 7.03. The van der Waals surface area contributed by atoms with E-state index in [1.165, 1.54) is 0 Å². The van der Waals surface area contributed by atoms with Crippen LogP contribution in [0.15, 0.2) is 24.3 Å². The molecule has 0 aliphatic carbocycles. The summed E-state index contributed by atoms with van der Waals surface area (Å²) in [6.07, 6.45) is 1.04. The Morgan fingerprint density at radius 3 is 2.55 bits per heavy atom. The second-order valence-corrected chi connectivity index (χ2v) is 4.86. The number of benzene rings is 1. The Balaban J connectivity index is 3.16. The van der Waals surface area contributed by atoms with Gasteiger partial charge in [-0.15, -0.1) is 0 Å². The quantitative estimate of drug-likeness (QED) is 0.780. The van der Waals surface area contributed by atoms with E-state index in [0.717, 1.165) is 5.56 Å². The van der Waals surface area contributed by atoms with Crippen molar-refractivity contribution in [2.45, 2.75) is 45.1 Å². The average Bonchev–Trinajstić information content (AvgIpc) is 2.46. The largest absolute Gasteiger partial charge is 0.496 e. The van der Waals surface area contributed by atoms with E-state index in [2.05, 4.69) is 0 Å². The van der Waals surface area contributed by atoms with E-state index in [-0.39, 0.29) is 6.61 Å². The molecule has 2 atom stereocenters. The van der Waals surface area contributed by atoms with Gasteiger partial charge in [0.2, 0.25) is 0 Å². The fourth-order valence-corrected chi connectivity index (χ4v) is 2.41. The van der Waals surface area contributed by atoms with Crippen molar-refractivity contribution in [1.82, 2.24) is 0 Å². The number of para-hydroxylation sites is 1. The lowest BCUT2D eigenvalue weighted by molar-refractivity contribution is -0.168. The summed E-state index contributed by atoms with van der Waals surface area (Å²) >= 11 is 0. The first-order chi connectivity index (χ1) is 9.51. The molecule has 0 aromatic heterocycles. The highest BCUT2D eigenvalue weighted by atomic mass is 16.5. The molecule has 0 spiro atoms. The van der Waals surface area contributed by atoms with Crippen LogP contribution in [0.5, 0.6) is 5.75 Å². The lowest BCUT2D eigenvalue weighted by Crippen LogP contribution is -2.44. The summed E-state index contributed by atoms with van der Waals surface area (Å²) in [4.78, 5) is 12.2. The van der Waals surface area contributed by atoms with Gasteiger partial charge in [0.15, 0.2) is 5.60 Å². The van der Waals surface area contributed by atoms with Gasteiger partial charge in [-0.25, -0.2) is 4.79 Å². The molecule has 20 heavy (non-hydrogen) atoms. The minimum Gasteiger partial charge on any atom is -0.496 e. The summed E-state index contributed by atoms with van der Waals surface area (Å²) in [6, 6.07) is 7.41. The summed E-state index contributed by atoms with van der Waals surface area (Å²) in [5, 5.41) is 10.8. The zero-order valence-electron chi connectivity index (χ0n) is 12.7. The van der Waals surface area contributed by atoms with Crippen LogP contribution in [0.1, 0.15) is 45.1 Å². The van der Waals surface area contributed by atoms with E-state index in [9.17, 15) is 9.90 Å². The molecule has 1 N–H and O–H groups in total. The van der Waals surface area contributed by atoms with Crippen molar-refractivity contribution in [2.75, 3.05) is 13.7 Å². The van der Waals surface area contributed by atoms with Gasteiger partial charge in [-0.1, -0.05) is 38.5 Å². The van der Waals surface area contributed by atoms with Crippen molar-refractivity contribution in [3.05, 3.63) is 29.8 Å².